The molecular weight excluding hydrogens is 355 g/mol. The van der Waals surface area contributed by atoms with Crippen molar-refractivity contribution in [3.05, 3.63) is 76.1 Å². The minimum absolute atomic E-state index is 0.220. The third-order valence-corrected chi connectivity index (χ3v) is 5.48. The van der Waals surface area contributed by atoms with E-state index in [1.807, 2.05) is 6.07 Å². The minimum atomic E-state index is -0.675. The number of fused-ring (bicyclic) bond motifs is 1. The average molecular weight is 382 g/mol. The van der Waals surface area contributed by atoms with Gasteiger partial charge in [-0.3, -0.25) is 14.9 Å². The van der Waals surface area contributed by atoms with Crippen LogP contribution in [0.4, 0.5) is 4.39 Å². The summed E-state index contributed by atoms with van der Waals surface area (Å²) in [5.41, 5.74) is 6.26. The fourth-order valence-corrected chi connectivity index (χ4v) is 4.04. The molecule has 2 aromatic rings. The molecule has 0 heterocycles. The normalized spacial score (nSPS) is 16.0. The van der Waals surface area contributed by atoms with Crippen LogP contribution in [0.25, 0.3) is 6.08 Å². The maximum atomic E-state index is 14.9. The number of rotatable bonds is 7. The molecule has 0 bridgehead atoms. The standard InChI is InChI=1S/C23H27FN2O2/c1-3-26(14-13-17-6-4-5-16(2)15-17)21-11-10-20-19(21)9-7-18(23(20)24)8-12-22(27)25-28/h4-9,12,15,21,28H,3,10-11,13-14H2,1-2H3,(H,25,27). The van der Waals surface area contributed by atoms with Crippen LogP contribution >= 0.6 is 0 Å². The van der Waals surface area contributed by atoms with Crippen molar-refractivity contribution in [3.63, 3.8) is 0 Å². The van der Waals surface area contributed by atoms with Crippen LogP contribution in [0.1, 0.15) is 47.2 Å². The Kier molecular flexibility index (Phi) is 6.60. The summed E-state index contributed by atoms with van der Waals surface area (Å²) < 4.78 is 14.9. The zero-order valence-electron chi connectivity index (χ0n) is 16.4. The summed E-state index contributed by atoms with van der Waals surface area (Å²) in [6.45, 7) is 6.10. The van der Waals surface area contributed by atoms with Gasteiger partial charge >= 0.3 is 0 Å². The van der Waals surface area contributed by atoms with Gasteiger partial charge in [-0.2, -0.15) is 0 Å². The molecule has 1 atom stereocenters. The molecule has 1 aliphatic rings. The fourth-order valence-electron chi connectivity index (χ4n) is 4.04. The van der Waals surface area contributed by atoms with E-state index in [0.29, 0.717) is 12.0 Å². The number of hydrogen-bond donors (Lipinski definition) is 2. The largest absolute Gasteiger partial charge is 0.296 e. The average Bonchev–Trinajstić information content (AvgIpc) is 3.12. The molecule has 0 aliphatic heterocycles. The molecular formula is C23H27FN2O2. The second-order valence-electron chi connectivity index (χ2n) is 7.27. The van der Waals surface area contributed by atoms with Crippen LogP contribution in [-0.4, -0.2) is 29.1 Å². The summed E-state index contributed by atoms with van der Waals surface area (Å²) in [4.78, 5) is 13.6. The van der Waals surface area contributed by atoms with E-state index in [0.717, 1.165) is 43.1 Å². The van der Waals surface area contributed by atoms with Crippen molar-refractivity contribution in [3.8, 4) is 0 Å². The first-order valence-electron chi connectivity index (χ1n) is 9.76. The maximum absolute atomic E-state index is 14.9. The Balaban J connectivity index is 1.75. The van der Waals surface area contributed by atoms with Crippen molar-refractivity contribution >= 4 is 12.0 Å². The van der Waals surface area contributed by atoms with E-state index < -0.39 is 5.91 Å². The molecule has 1 aliphatic carbocycles. The second kappa shape index (κ2) is 9.13. The number of amides is 1. The fraction of sp³-hybridized carbons (Fsp3) is 0.348. The molecule has 0 fully saturated rings. The van der Waals surface area contributed by atoms with Gasteiger partial charge in [-0.1, -0.05) is 48.9 Å². The van der Waals surface area contributed by atoms with Crippen molar-refractivity contribution < 1.29 is 14.4 Å². The van der Waals surface area contributed by atoms with Gasteiger partial charge < -0.3 is 0 Å². The Bertz CT molecular complexity index is 879. The van der Waals surface area contributed by atoms with Crippen LogP contribution in [0.5, 0.6) is 0 Å². The maximum Gasteiger partial charge on any atom is 0.267 e. The molecule has 2 aromatic carbocycles. The lowest BCUT2D eigenvalue weighted by Gasteiger charge is -2.28. The summed E-state index contributed by atoms with van der Waals surface area (Å²) in [5, 5.41) is 8.56. The van der Waals surface area contributed by atoms with Gasteiger partial charge in [0.05, 0.1) is 0 Å². The highest BCUT2D eigenvalue weighted by molar-refractivity contribution is 5.90. The van der Waals surface area contributed by atoms with Crippen molar-refractivity contribution in [1.29, 1.82) is 0 Å². The lowest BCUT2D eigenvalue weighted by atomic mass is 10.0. The monoisotopic (exact) mass is 382 g/mol. The Morgan fingerprint density at radius 3 is 2.89 bits per heavy atom. The molecule has 0 saturated carbocycles. The molecule has 2 N–H and O–H groups in total. The molecule has 0 spiro atoms. The van der Waals surface area contributed by atoms with E-state index in [4.69, 9.17) is 5.21 Å². The lowest BCUT2D eigenvalue weighted by molar-refractivity contribution is -0.124. The minimum Gasteiger partial charge on any atom is -0.296 e. The van der Waals surface area contributed by atoms with Crippen molar-refractivity contribution in [2.45, 2.75) is 39.2 Å². The summed E-state index contributed by atoms with van der Waals surface area (Å²) >= 11 is 0. The number of benzene rings is 2. The van der Waals surface area contributed by atoms with Gasteiger partial charge in [0.25, 0.3) is 5.91 Å². The number of hydrogen-bond acceptors (Lipinski definition) is 3. The van der Waals surface area contributed by atoms with Gasteiger partial charge in [0.2, 0.25) is 0 Å². The van der Waals surface area contributed by atoms with Crippen LogP contribution < -0.4 is 5.48 Å². The molecule has 1 amide bonds. The van der Waals surface area contributed by atoms with Crippen molar-refractivity contribution in [2.24, 2.45) is 0 Å². The summed E-state index contributed by atoms with van der Waals surface area (Å²) in [6, 6.07) is 12.5. The first kappa shape index (κ1) is 20.2. The number of aryl methyl sites for hydroxylation is 1. The first-order valence-corrected chi connectivity index (χ1v) is 9.76. The zero-order chi connectivity index (χ0) is 20.1. The topological polar surface area (TPSA) is 52.6 Å². The molecule has 148 valence electrons. The van der Waals surface area contributed by atoms with Crippen LogP contribution in [0, 0.1) is 12.7 Å². The Morgan fingerprint density at radius 2 is 2.18 bits per heavy atom. The third kappa shape index (κ3) is 4.49. The highest BCUT2D eigenvalue weighted by atomic mass is 19.1. The highest BCUT2D eigenvalue weighted by Crippen LogP contribution is 2.38. The molecule has 0 aromatic heterocycles. The molecule has 1 unspecified atom stereocenters. The van der Waals surface area contributed by atoms with E-state index >= 15 is 0 Å². The molecule has 5 heteroatoms. The van der Waals surface area contributed by atoms with Crippen LogP contribution in [-0.2, 0) is 17.6 Å². The van der Waals surface area contributed by atoms with E-state index in [1.165, 1.54) is 22.7 Å². The highest BCUT2D eigenvalue weighted by Gasteiger charge is 2.29. The first-order chi connectivity index (χ1) is 13.5. The molecule has 0 radical (unpaired) electrons. The van der Waals surface area contributed by atoms with Crippen LogP contribution in [0.15, 0.2) is 42.5 Å². The predicted molar refractivity (Wildman–Crippen MR) is 109 cm³/mol. The van der Waals surface area contributed by atoms with E-state index in [2.05, 4.69) is 43.0 Å². The van der Waals surface area contributed by atoms with Gasteiger partial charge in [-0.15, -0.1) is 0 Å². The quantitative estimate of drug-likeness (QED) is 0.429. The van der Waals surface area contributed by atoms with Gasteiger partial charge in [0, 0.05) is 24.2 Å². The van der Waals surface area contributed by atoms with Crippen molar-refractivity contribution in [1.82, 2.24) is 10.4 Å². The number of nitrogens with zero attached hydrogens (tertiary/aromatic N) is 1. The number of hydroxylamine groups is 1. The van der Waals surface area contributed by atoms with Gasteiger partial charge in [0.15, 0.2) is 0 Å². The predicted octanol–water partition coefficient (Wildman–Crippen LogP) is 4.20. The Hall–Kier alpha value is -2.50. The molecule has 28 heavy (non-hydrogen) atoms. The van der Waals surface area contributed by atoms with Crippen LogP contribution in [0.2, 0.25) is 0 Å². The zero-order valence-corrected chi connectivity index (χ0v) is 16.4. The Morgan fingerprint density at radius 1 is 1.36 bits per heavy atom. The van der Waals surface area contributed by atoms with E-state index in [9.17, 15) is 9.18 Å². The number of likely N-dealkylation sites (N-methyl/N-ethyl adjacent to an activating group) is 1. The number of carbonyl (C=O) groups excluding carboxylic acids is 1. The number of halogens is 1. The summed E-state index contributed by atoms with van der Waals surface area (Å²) in [5.74, 6) is -0.942. The van der Waals surface area contributed by atoms with Crippen molar-refractivity contribution in [2.75, 3.05) is 13.1 Å². The van der Waals surface area contributed by atoms with Crippen LogP contribution in [0.3, 0.4) is 0 Å². The summed E-state index contributed by atoms with van der Waals surface area (Å²) in [6.07, 6.45) is 5.08. The smallest absolute Gasteiger partial charge is 0.267 e. The van der Waals surface area contributed by atoms with E-state index in [-0.39, 0.29) is 11.9 Å². The summed E-state index contributed by atoms with van der Waals surface area (Å²) in [7, 11) is 0. The van der Waals surface area contributed by atoms with Gasteiger partial charge in [0.1, 0.15) is 5.82 Å². The lowest BCUT2D eigenvalue weighted by Crippen LogP contribution is -2.29. The number of carbonyl (C=O) groups is 1. The second-order valence-corrected chi connectivity index (χ2v) is 7.27. The SMILES string of the molecule is CCN(CCc1cccc(C)c1)C1CCc2c1ccc(C=CC(=O)NO)c2F. The third-order valence-electron chi connectivity index (χ3n) is 5.48. The molecule has 4 nitrogen and oxygen atoms in total. The Labute approximate surface area is 165 Å². The molecule has 0 saturated heterocycles. The van der Waals surface area contributed by atoms with Gasteiger partial charge in [-0.25, -0.2) is 9.87 Å². The number of nitrogens with one attached hydrogen (secondary N) is 1. The van der Waals surface area contributed by atoms with E-state index in [1.54, 1.807) is 6.07 Å². The molecule has 3 rings (SSSR count). The van der Waals surface area contributed by atoms with Gasteiger partial charge in [-0.05, 0) is 55.5 Å².